The fourth-order valence-corrected chi connectivity index (χ4v) is 3.24. The largest absolute Gasteiger partial charge is 0.434 e. The van der Waals surface area contributed by atoms with Crippen LogP contribution in [-0.4, -0.2) is 40.4 Å². The average molecular weight is 372 g/mol. The summed E-state index contributed by atoms with van der Waals surface area (Å²) in [6, 6.07) is 4.77. The number of carbonyl (C=O) groups is 1. The molecule has 1 aliphatic rings. The van der Waals surface area contributed by atoms with E-state index in [1.807, 2.05) is 13.8 Å². The molecule has 2 aromatic rings. The molecular weight excluding hydrogens is 347 g/mol. The van der Waals surface area contributed by atoms with Crippen LogP contribution >= 0.6 is 0 Å². The topological polar surface area (TPSA) is 67.4 Å². The van der Waals surface area contributed by atoms with Crippen LogP contribution in [0.1, 0.15) is 31.0 Å². The number of nitrogens with zero attached hydrogens (tertiary/aromatic N) is 3. The molecule has 0 radical (unpaired) electrons. The van der Waals surface area contributed by atoms with Crippen LogP contribution in [0.4, 0.5) is 4.39 Å². The highest BCUT2D eigenvalue weighted by Gasteiger charge is 2.25. The van der Waals surface area contributed by atoms with Gasteiger partial charge in [-0.3, -0.25) is 14.7 Å². The SMILES string of the molecule is CCNC(=O)[C@H]1CCCN(Cc2cnc(Oc3ccc(C)cc3F)cn2)C1. The van der Waals surface area contributed by atoms with Crippen molar-refractivity contribution in [3.05, 3.63) is 47.7 Å². The minimum absolute atomic E-state index is 0.0266. The Balaban J connectivity index is 1.58. The lowest BCUT2D eigenvalue weighted by Gasteiger charge is -2.31. The van der Waals surface area contributed by atoms with Crippen molar-refractivity contribution < 1.29 is 13.9 Å². The van der Waals surface area contributed by atoms with E-state index in [0.29, 0.717) is 13.1 Å². The number of amides is 1. The number of aromatic nitrogens is 2. The molecule has 144 valence electrons. The normalized spacial score (nSPS) is 17.5. The highest BCUT2D eigenvalue weighted by molar-refractivity contribution is 5.78. The third-order valence-electron chi connectivity index (χ3n) is 4.60. The van der Waals surface area contributed by atoms with Gasteiger partial charge in [-0.15, -0.1) is 0 Å². The van der Waals surface area contributed by atoms with E-state index < -0.39 is 5.82 Å². The summed E-state index contributed by atoms with van der Waals surface area (Å²) < 4.78 is 19.3. The quantitative estimate of drug-likeness (QED) is 0.844. The summed E-state index contributed by atoms with van der Waals surface area (Å²) in [4.78, 5) is 22.9. The van der Waals surface area contributed by atoms with Gasteiger partial charge in [-0.1, -0.05) is 6.07 Å². The molecule has 0 unspecified atom stereocenters. The molecule has 6 nitrogen and oxygen atoms in total. The van der Waals surface area contributed by atoms with Gasteiger partial charge in [0.05, 0.1) is 24.0 Å². The zero-order valence-corrected chi connectivity index (χ0v) is 15.7. The minimum Gasteiger partial charge on any atom is -0.434 e. The van der Waals surface area contributed by atoms with Crippen molar-refractivity contribution in [2.45, 2.75) is 33.2 Å². The maximum Gasteiger partial charge on any atom is 0.237 e. The Labute approximate surface area is 158 Å². The summed E-state index contributed by atoms with van der Waals surface area (Å²) in [6.07, 6.45) is 5.04. The van der Waals surface area contributed by atoms with Crippen LogP contribution in [-0.2, 0) is 11.3 Å². The standard InChI is InChI=1S/C20H25FN4O2/c1-3-22-20(26)15-5-4-8-25(12-15)13-16-10-24-19(11-23-16)27-18-7-6-14(2)9-17(18)21/h6-7,9-11,15H,3-5,8,12-13H2,1-2H3,(H,22,26)/t15-/m0/s1. The Morgan fingerprint density at radius 1 is 1.37 bits per heavy atom. The van der Waals surface area contributed by atoms with E-state index in [4.69, 9.17) is 4.74 Å². The molecule has 2 heterocycles. The highest BCUT2D eigenvalue weighted by atomic mass is 19.1. The van der Waals surface area contributed by atoms with E-state index in [1.54, 1.807) is 18.3 Å². The van der Waals surface area contributed by atoms with E-state index in [9.17, 15) is 9.18 Å². The molecule has 1 amide bonds. The zero-order valence-electron chi connectivity index (χ0n) is 15.7. The molecule has 0 bridgehead atoms. The van der Waals surface area contributed by atoms with Crippen molar-refractivity contribution in [2.75, 3.05) is 19.6 Å². The third kappa shape index (κ3) is 5.23. The van der Waals surface area contributed by atoms with Crippen molar-refractivity contribution in [2.24, 2.45) is 5.92 Å². The van der Waals surface area contributed by atoms with Crippen LogP contribution in [0.25, 0.3) is 0 Å². The number of hydrogen-bond donors (Lipinski definition) is 1. The maximum absolute atomic E-state index is 13.9. The van der Waals surface area contributed by atoms with Crippen LogP contribution < -0.4 is 10.1 Å². The third-order valence-corrected chi connectivity index (χ3v) is 4.60. The summed E-state index contributed by atoms with van der Waals surface area (Å²) in [7, 11) is 0. The molecule has 1 saturated heterocycles. The summed E-state index contributed by atoms with van der Waals surface area (Å²) in [6.45, 7) is 6.69. The van der Waals surface area contributed by atoms with Crippen molar-refractivity contribution in [1.29, 1.82) is 0 Å². The van der Waals surface area contributed by atoms with E-state index in [2.05, 4.69) is 20.2 Å². The fraction of sp³-hybridized carbons (Fsp3) is 0.450. The van der Waals surface area contributed by atoms with E-state index in [1.165, 1.54) is 12.3 Å². The van der Waals surface area contributed by atoms with Gasteiger partial charge in [0.1, 0.15) is 0 Å². The van der Waals surface area contributed by atoms with Gasteiger partial charge in [0.15, 0.2) is 11.6 Å². The van der Waals surface area contributed by atoms with Crippen LogP contribution in [0.15, 0.2) is 30.6 Å². The second kappa shape index (κ2) is 8.90. The summed E-state index contributed by atoms with van der Waals surface area (Å²) >= 11 is 0. The summed E-state index contributed by atoms with van der Waals surface area (Å²) in [5.41, 5.74) is 1.62. The second-order valence-electron chi connectivity index (χ2n) is 6.85. The number of rotatable bonds is 6. The number of likely N-dealkylation sites (tertiary alicyclic amines) is 1. The van der Waals surface area contributed by atoms with Gasteiger partial charge >= 0.3 is 0 Å². The Morgan fingerprint density at radius 3 is 2.93 bits per heavy atom. The Morgan fingerprint density at radius 2 is 2.22 bits per heavy atom. The molecular formula is C20H25FN4O2. The average Bonchev–Trinajstić information content (AvgIpc) is 2.66. The molecule has 0 aliphatic carbocycles. The number of benzene rings is 1. The Bertz CT molecular complexity index is 782. The number of carbonyl (C=O) groups excluding carboxylic acids is 1. The van der Waals surface area contributed by atoms with E-state index in [-0.39, 0.29) is 23.5 Å². The second-order valence-corrected chi connectivity index (χ2v) is 6.85. The van der Waals surface area contributed by atoms with Gasteiger partial charge < -0.3 is 10.1 Å². The predicted octanol–water partition coefficient (Wildman–Crippen LogP) is 3.06. The molecule has 1 fully saturated rings. The number of piperidine rings is 1. The first-order chi connectivity index (χ1) is 13.0. The van der Waals surface area contributed by atoms with Gasteiger partial charge in [0.2, 0.25) is 11.8 Å². The minimum atomic E-state index is -0.425. The maximum atomic E-state index is 13.9. The molecule has 1 aromatic carbocycles. The predicted molar refractivity (Wildman–Crippen MR) is 99.9 cm³/mol. The number of aryl methyl sites for hydroxylation is 1. The van der Waals surface area contributed by atoms with Crippen LogP contribution in [0.2, 0.25) is 0 Å². The number of ether oxygens (including phenoxy) is 1. The first kappa shape index (κ1) is 19.2. The van der Waals surface area contributed by atoms with E-state index >= 15 is 0 Å². The van der Waals surface area contributed by atoms with Crippen molar-refractivity contribution in [1.82, 2.24) is 20.2 Å². The molecule has 0 spiro atoms. The van der Waals surface area contributed by atoms with Gasteiger partial charge in [0.25, 0.3) is 0 Å². The highest BCUT2D eigenvalue weighted by Crippen LogP contribution is 2.23. The monoisotopic (exact) mass is 372 g/mol. The van der Waals surface area contributed by atoms with Gasteiger partial charge in [-0.2, -0.15) is 0 Å². The number of nitrogens with one attached hydrogen (secondary N) is 1. The smallest absolute Gasteiger partial charge is 0.237 e. The Kier molecular flexibility index (Phi) is 6.34. The summed E-state index contributed by atoms with van der Waals surface area (Å²) in [5, 5.41) is 2.90. The van der Waals surface area contributed by atoms with Gasteiger partial charge in [0, 0.05) is 19.6 Å². The van der Waals surface area contributed by atoms with E-state index in [0.717, 1.165) is 37.2 Å². The molecule has 1 N–H and O–H groups in total. The van der Waals surface area contributed by atoms with Gasteiger partial charge in [-0.05, 0) is 50.9 Å². The van der Waals surface area contributed by atoms with Crippen molar-refractivity contribution >= 4 is 5.91 Å². The lowest BCUT2D eigenvalue weighted by Crippen LogP contribution is -2.42. The van der Waals surface area contributed by atoms with Crippen LogP contribution in [0.3, 0.4) is 0 Å². The lowest BCUT2D eigenvalue weighted by molar-refractivity contribution is -0.126. The molecule has 1 aromatic heterocycles. The molecule has 27 heavy (non-hydrogen) atoms. The molecule has 7 heteroatoms. The molecule has 1 aliphatic heterocycles. The fourth-order valence-electron chi connectivity index (χ4n) is 3.24. The molecule has 3 rings (SSSR count). The number of hydrogen-bond acceptors (Lipinski definition) is 5. The van der Waals surface area contributed by atoms with Gasteiger partial charge in [-0.25, -0.2) is 9.37 Å². The summed E-state index contributed by atoms with van der Waals surface area (Å²) in [5.74, 6) is 0.102. The Hall–Kier alpha value is -2.54. The van der Waals surface area contributed by atoms with Crippen molar-refractivity contribution in [3.8, 4) is 11.6 Å². The first-order valence-corrected chi connectivity index (χ1v) is 9.30. The van der Waals surface area contributed by atoms with Crippen LogP contribution in [0.5, 0.6) is 11.6 Å². The molecule has 1 atom stereocenters. The zero-order chi connectivity index (χ0) is 19.2. The number of halogens is 1. The lowest BCUT2D eigenvalue weighted by atomic mass is 9.97. The van der Waals surface area contributed by atoms with Crippen molar-refractivity contribution in [3.63, 3.8) is 0 Å². The van der Waals surface area contributed by atoms with Crippen LogP contribution in [0, 0.1) is 18.7 Å². The molecule has 0 saturated carbocycles. The first-order valence-electron chi connectivity index (χ1n) is 9.30.